The lowest BCUT2D eigenvalue weighted by Gasteiger charge is -2.11. The molecule has 0 fully saturated rings. The lowest BCUT2D eigenvalue weighted by Crippen LogP contribution is -2.36. The molecule has 142 valence electrons. The standard InChI is InChI=1S/C21H24N2O4/c1-3-27-18-10-6-16(7-11-18)14-19(21(26)22-12-13-24)23-20(25)17-8-4-15(2)5-9-17/h4-11,14,24H,3,12-13H2,1-2H3,(H,22,26)(H,23,25)/b19-14-. The number of hydrogen-bond donors (Lipinski definition) is 3. The van der Waals surface area contributed by atoms with Crippen molar-refractivity contribution in [2.24, 2.45) is 0 Å². The van der Waals surface area contributed by atoms with Gasteiger partial charge in [-0.3, -0.25) is 9.59 Å². The topological polar surface area (TPSA) is 87.7 Å². The number of rotatable bonds is 8. The Bertz CT molecular complexity index is 796. The summed E-state index contributed by atoms with van der Waals surface area (Å²) in [5.74, 6) is -0.130. The number of carbonyl (C=O) groups is 2. The number of aliphatic hydroxyl groups excluding tert-OH is 1. The Morgan fingerprint density at radius 2 is 1.74 bits per heavy atom. The SMILES string of the molecule is CCOc1ccc(/C=C(\NC(=O)c2ccc(C)cc2)C(=O)NCCO)cc1. The van der Waals surface area contributed by atoms with Crippen molar-refractivity contribution in [2.75, 3.05) is 19.8 Å². The van der Waals surface area contributed by atoms with Gasteiger partial charge in [0, 0.05) is 12.1 Å². The smallest absolute Gasteiger partial charge is 0.267 e. The molecule has 0 spiro atoms. The van der Waals surface area contributed by atoms with Crippen LogP contribution in [-0.4, -0.2) is 36.7 Å². The van der Waals surface area contributed by atoms with Gasteiger partial charge in [-0.1, -0.05) is 29.8 Å². The van der Waals surface area contributed by atoms with Crippen molar-refractivity contribution in [3.05, 3.63) is 70.9 Å². The van der Waals surface area contributed by atoms with Gasteiger partial charge in [0.15, 0.2) is 0 Å². The van der Waals surface area contributed by atoms with Gasteiger partial charge in [0.25, 0.3) is 11.8 Å². The van der Waals surface area contributed by atoms with E-state index in [1.54, 1.807) is 42.5 Å². The van der Waals surface area contributed by atoms with Crippen molar-refractivity contribution in [2.45, 2.75) is 13.8 Å². The molecule has 2 aromatic carbocycles. The average molecular weight is 368 g/mol. The molecule has 0 aromatic heterocycles. The zero-order chi connectivity index (χ0) is 19.6. The molecule has 6 heteroatoms. The van der Waals surface area contributed by atoms with Crippen molar-refractivity contribution >= 4 is 17.9 Å². The monoisotopic (exact) mass is 368 g/mol. The summed E-state index contributed by atoms with van der Waals surface area (Å²) in [6.07, 6.45) is 1.58. The van der Waals surface area contributed by atoms with E-state index in [0.29, 0.717) is 12.2 Å². The van der Waals surface area contributed by atoms with Gasteiger partial charge in [-0.05, 0) is 49.8 Å². The number of nitrogens with one attached hydrogen (secondary N) is 2. The molecule has 0 unspecified atom stereocenters. The van der Waals surface area contributed by atoms with E-state index in [4.69, 9.17) is 9.84 Å². The van der Waals surface area contributed by atoms with Crippen molar-refractivity contribution in [1.29, 1.82) is 0 Å². The van der Waals surface area contributed by atoms with Gasteiger partial charge in [0.2, 0.25) is 0 Å². The fourth-order valence-electron chi connectivity index (χ4n) is 2.32. The number of carbonyl (C=O) groups excluding carboxylic acids is 2. The van der Waals surface area contributed by atoms with Crippen LogP contribution in [0.25, 0.3) is 6.08 Å². The highest BCUT2D eigenvalue weighted by Crippen LogP contribution is 2.14. The first-order valence-corrected chi connectivity index (χ1v) is 8.75. The maximum absolute atomic E-state index is 12.5. The molecule has 0 saturated carbocycles. The van der Waals surface area contributed by atoms with E-state index in [1.165, 1.54) is 0 Å². The first-order chi connectivity index (χ1) is 13.0. The van der Waals surface area contributed by atoms with Crippen molar-refractivity contribution in [1.82, 2.24) is 10.6 Å². The number of aliphatic hydroxyl groups is 1. The first-order valence-electron chi connectivity index (χ1n) is 8.75. The van der Waals surface area contributed by atoms with Crippen LogP contribution in [0.5, 0.6) is 5.75 Å². The summed E-state index contributed by atoms with van der Waals surface area (Å²) in [4.78, 5) is 24.8. The van der Waals surface area contributed by atoms with E-state index >= 15 is 0 Å². The molecular weight excluding hydrogens is 344 g/mol. The minimum Gasteiger partial charge on any atom is -0.494 e. The summed E-state index contributed by atoms with van der Waals surface area (Å²) >= 11 is 0. The quantitative estimate of drug-likeness (QED) is 0.624. The number of benzene rings is 2. The molecule has 0 saturated heterocycles. The van der Waals surface area contributed by atoms with Crippen LogP contribution in [0.1, 0.15) is 28.4 Å². The molecule has 6 nitrogen and oxygen atoms in total. The highest BCUT2D eigenvalue weighted by molar-refractivity contribution is 6.05. The van der Waals surface area contributed by atoms with Crippen LogP contribution in [0.4, 0.5) is 0 Å². The highest BCUT2D eigenvalue weighted by Gasteiger charge is 2.14. The van der Waals surface area contributed by atoms with E-state index in [9.17, 15) is 9.59 Å². The first kappa shape index (κ1) is 20.2. The van der Waals surface area contributed by atoms with Gasteiger partial charge >= 0.3 is 0 Å². The molecule has 2 aromatic rings. The average Bonchev–Trinajstić information content (AvgIpc) is 2.67. The van der Waals surface area contributed by atoms with Crippen LogP contribution in [0.15, 0.2) is 54.2 Å². The van der Waals surface area contributed by atoms with Crippen LogP contribution >= 0.6 is 0 Å². The lowest BCUT2D eigenvalue weighted by molar-refractivity contribution is -0.117. The second-order valence-electron chi connectivity index (χ2n) is 5.86. The predicted molar refractivity (Wildman–Crippen MR) is 104 cm³/mol. The molecule has 0 aliphatic heterocycles. The second-order valence-corrected chi connectivity index (χ2v) is 5.86. The molecule has 2 rings (SSSR count). The van der Waals surface area contributed by atoms with Crippen LogP contribution in [0.3, 0.4) is 0 Å². The van der Waals surface area contributed by atoms with Crippen molar-refractivity contribution in [3.63, 3.8) is 0 Å². The van der Waals surface area contributed by atoms with Gasteiger partial charge in [0.05, 0.1) is 13.2 Å². The van der Waals surface area contributed by atoms with Gasteiger partial charge in [-0.15, -0.1) is 0 Å². The molecule has 0 radical (unpaired) electrons. The minimum atomic E-state index is -0.474. The highest BCUT2D eigenvalue weighted by atomic mass is 16.5. The van der Waals surface area contributed by atoms with Gasteiger partial charge < -0.3 is 20.5 Å². The third-order valence-corrected chi connectivity index (χ3v) is 3.71. The lowest BCUT2D eigenvalue weighted by atomic mass is 10.1. The fourth-order valence-corrected chi connectivity index (χ4v) is 2.32. The van der Waals surface area contributed by atoms with E-state index in [2.05, 4.69) is 10.6 Å². The van der Waals surface area contributed by atoms with Crippen molar-refractivity contribution in [3.8, 4) is 5.75 Å². The zero-order valence-electron chi connectivity index (χ0n) is 15.5. The maximum Gasteiger partial charge on any atom is 0.267 e. The normalized spacial score (nSPS) is 11.0. The number of hydrogen-bond acceptors (Lipinski definition) is 4. The largest absolute Gasteiger partial charge is 0.494 e. The van der Waals surface area contributed by atoms with E-state index in [1.807, 2.05) is 26.0 Å². The second kappa shape index (κ2) is 10.1. The molecule has 0 bridgehead atoms. The molecule has 3 N–H and O–H groups in total. The van der Waals surface area contributed by atoms with Crippen LogP contribution in [0, 0.1) is 6.92 Å². The number of amides is 2. The zero-order valence-corrected chi connectivity index (χ0v) is 15.5. The summed E-state index contributed by atoms with van der Waals surface area (Å²) in [5.41, 5.74) is 2.32. The van der Waals surface area contributed by atoms with E-state index in [0.717, 1.165) is 16.9 Å². The van der Waals surface area contributed by atoms with Crippen LogP contribution in [0.2, 0.25) is 0 Å². The Hall–Kier alpha value is -3.12. The third-order valence-electron chi connectivity index (χ3n) is 3.71. The summed E-state index contributed by atoms with van der Waals surface area (Å²) in [5, 5.41) is 14.1. The Labute approximate surface area is 158 Å². The molecule has 2 amide bonds. The Morgan fingerprint density at radius 1 is 1.07 bits per heavy atom. The Morgan fingerprint density at radius 3 is 2.33 bits per heavy atom. The van der Waals surface area contributed by atoms with Crippen LogP contribution in [-0.2, 0) is 4.79 Å². The molecule has 0 aliphatic carbocycles. The third kappa shape index (κ3) is 6.27. The number of aryl methyl sites for hydroxylation is 1. The van der Waals surface area contributed by atoms with Gasteiger partial charge in [-0.25, -0.2) is 0 Å². The molecule has 27 heavy (non-hydrogen) atoms. The summed E-state index contributed by atoms with van der Waals surface area (Å²) in [6, 6.07) is 14.2. The van der Waals surface area contributed by atoms with Gasteiger partial charge in [-0.2, -0.15) is 0 Å². The summed E-state index contributed by atoms with van der Waals surface area (Å²) < 4.78 is 5.40. The fraction of sp³-hybridized carbons (Fsp3) is 0.238. The Kier molecular flexibility index (Phi) is 7.58. The van der Waals surface area contributed by atoms with E-state index in [-0.39, 0.29) is 24.8 Å². The molecule has 0 aliphatic rings. The number of ether oxygens (including phenoxy) is 1. The van der Waals surface area contributed by atoms with E-state index < -0.39 is 5.91 Å². The van der Waals surface area contributed by atoms with Crippen LogP contribution < -0.4 is 15.4 Å². The summed E-state index contributed by atoms with van der Waals surface area (Å²) in [7, 11) is 0. The molecule has 0 atom stereocenters. The molecular formula is C21H24N2O4. The minimum absolute atomic E-state index is 0.0955. The maximum atomic E-state index is 12.5. The Balaban J connectivity index is 2.23. The van der Waals surface area contributed by atoms with Crippen molar-refractivity contribution < 1.29 is 19.4 Å². The predicted octanol–water partition coefficient (Wildman–Crippen LogP) is 2.27. The summed E-state index contributed by atoms with van der Waals surface area (Å²) in [6.45, 7) is 4.31. The van der Waals surface area contributed by atoms with Gasteiger partial charge in [0.1, 0.15) is 11.4 Å². The molecule has 0 heterocycles.